The van der Waals surface area contributed by atoms with Gasteiger partial charge in [0.2, 0.25) is 5.95 Å². The number of amides is 1. The zero-order valence-corrected chi connectivity index (χ0v) is 16.2. The quantitative estimate of drug-likeness (QED) is 0.522. The van der Waals surface area contributed by atoms with E-state index >= 15 is 0 Å². The van der Waals surface area contributed by atoms with Gasteiger partial charge in [0, 0.05) is 11.1 Å². The van der Waals surface area contributed by atoms with Crippen LogP contribution < -0.4 is 10.7 Å². The monoisotopic (exact) mass is 415 g/mol. The first-order chi connectivity index (χ1) is 14.3. The number of benzene rings is 2. The molecule has 0 saturated heterocycles. The van der Waals surface area contributed by atoms with Gasteiger partial charge in [0.1, 0.15) is 17.3 Å². The fourth-order valence-corrected chi connectivity index (χ4v) is 3.12. The molecule has 0 aliphatic carbocycles. The van der Waals surface area contributed by atoms with Crippen LogP contribution in [0.25, 0.3) is 11.0 Å². The summed E-state index contributed by atoms with van der Waals surface area (Å²) in [6.45, 7) is 4.12. The number of nitrogens with zero attached hydrogens (tertiary/aromatic N) is 2. The van der Waals surface area contributed by atoms with Gasteiger partial charge in [0.15, 0.2) is 6.23 Å². The van der Waals surface area contributed by atoms with Crippen LogP contribution in [0.2, 0.25) is 0 Å². The summed E-state index contributed by atoms with van der Waals surface area (Å²) >= 11 is 0. The van der Waals surface area contributed by atoms with E-state index in [1.165, 1.54) is 0 Å². The third kappa shape index (κ3) is 3.69. The summed E-state index contributed by atoms with van der Waals surface area (Å²) in [5.74, 6) is -1.06. The smallest absolute Gasteiger partial charge is 0.413 e. The van der Waals surface area contributed by atoms with Crippen molar-refractivity contribution in [3.63, 3.8) is 0 Å². The van der Waals surface area contributed by atoms with Crippen molar-refractivity contribution in [1.82, 2.24) is 15.4 Å². The number of imidazole rings is 1. The van der Waals surface area contributed by atoms with Crippen LogP contribution in [0.4, 0.5) is 19.5 Å². The molecule has 0 fully saturated rings. The molecule has 1 atom stereocenters. The van der Waals surface area contributed by atoms with Gasteiger partial charge in [-0.2, -0.15) is 5.10 Å². The molecule has 2 aromatic carbocycles. The van der Waals surface area contributed by atoms with Crippen molar-refractivity contribution in [3.05, 3.63) is 58.7 Å². The van der Waals surface area contributed by atoms with Gasteiger partial charge >= 0.3 is 6.09 Å². The van der Waals surface area contributed by atoms with Gasteiger partial charge < -0.3 is 14.8 Å². The number of aromatic nitrogens is 2. The first-order valence-corrected chi connectivity index (χ1v) is 9.27. The Balaban J connectivity index is 1.65. The number of hydrogen-bond acceptors (Lipinski definition) is 6. The zero-order chi connectivity index (χ0) is 21.4. The van der Waals surface area contributed by atoms with Crippen molar-refractivity contribution in [2.45, 2.75) is 20.1 Å². The second-order valence-corrected chi connectivity index (χ2v) is 7.24. The Bertz CT molecular complexity index is 1160. The maximum atomic E-state index is 14.5. The molecule has 1 amide bonds. The molecule has 4 N–H and O–H groups in total. The van der Waals surface area contributed by atoms with Gasteiger partial charge in [-0.15, -0.1) is 0 Å². The van der Waals surface area contributed by atoms with Crippen LogP contribution in [0.5, 0.6) is 0 Å². The Labute approximate surface area is 170 Å². The number of carbonyl (C=O) groups excluding carboxylic acids is 1. The molecule has 1 aliphatic rings. The van der Waals surface area contributed by atoms with E-state index in [1.54, 1.807) is 18.2 Å². The van der Waals surface area contributed by atoms with Crippen molar-refractivity contribution in [2.75, 3.05) is 11.9 Å². The molecule has 8 nitrogen and oxygen atoms in total. The van der Waals surface area contributed by atoms with Crippen molar-refractivity contribution < 1.29 is 23.4 Å². The standard InChI is InChI=1S/C20H19F2N5O3/c1-9(2)8-30-20(29)25-19-23-13-6-3-10(7-14(13)24-19)17-15-11(21)4-5-12(22)16(15)18(28)27-26-17/h3-7,9,18,27-28H,8H2,1-2H3,(H2,23,24,25,29). The highest BCUT2D eigenvalue weighted by atomic mass is 19.1. The van der Waals surface area contributed by atoms with Crippen molar-refractivity contribution >= 4 is 28.8 Å². The third-order valence-electron chi connectivity index (χ3n) is 4.47. The minimum absolute atomic E-state index is 0.115. The van der Waals surface area contributed by atoms with Crippen LogP contribution in [0.3, 0.4) is 0 Å². The second-order valence-electron chi connectivity index (χ2n) is 7.24. The molecule has 0 spiro atoms. The van der Waals surface area contributed by atoms with E-state index in [2.05, 4.69) is 25.8 Å². The number of aliphatic hydroxyl groups excluding tert-OH is 1. The molecule has 2 heterocycles. The molecule has 0 saturated carbocycles. The van der Waals surface area contributed by atoms with Crippen LogP contribution in [-0.4, -0.2) is 33.5 Å². The number of ether oxygens (including phenoxy) is 1. The summed E-state index contributed by atoms with van der Waals surface area (Å²) < 4.78 is 33.7. The number of carbonyl (C=O) groups is 1. The average Bonchev–Trinajstić information content (AvgIpc) is 3.10. The lowest BCUT2D eigenvalue weighted by molar-refractivity contribution is 0.133. The molecule has 10 heteroatoms. The molecule has 1 unspecified atom stereocenters. The number of hydrogen-bond donors (Lipinski definition) is 4. The zero-order valence-electron chi connectivity index (χ0n) is 16.2. The largest absolute Gasteiger partial charge is 0.449 e. The molecule has 3 aromatic rings. The molecule has 4 rings (SSSR count). The lowest BCUT2D eigenvalue weighted by Gasteiger charge is -2.23. The van der Waals surface area contributed by atoms with Gasteiger partial charge in [-0.05, 0) is 30.2 Å². The van der Waals surface area contributed by atoms with Crippen molar-refractivity contribution in [3.8, 4) is 0 Å². The van der Waals surface area contributed by atoms with Crippen LogP contribution in [0.1, 0.15) is 36.8 Å². The summed E-state index contributed by atoms with van der Waals surface area (Å²) in [5.41, 5.74) is 3.75. The highest BCUT2D eigenvalue weighted by molar-refractivity contribution is 6.15. The molecule has 0 radical (unpaired) electrons. The predicted octanol–water partition coefficient (Wildman–Crippen LogP) is 3.39. The van der Waals surface area contributed by atoms with E-state index in [4.69, 9.17) is 4.74 Å². The number of aromatic amines is 1. The topological polar surface area (TPSA) is 112 Å². The lowest BCUT2D eigenvalue weighted by atomic mass is 9.94. The maximum Gasteiger partial charge on any atom is 0.413 e. The summed E-state index contributed by atoms with van der Waals surface area (Å²) in [6, 6.07) is 6.86. The molecular formula is C20H19F2N5O3. The van der Waals surface area contributed by atoms with E-state index < -0.39 is 24.0 Å². The van der Waals surface area contributed by atoms with Crippen LogP contribution in [-0.2, 0) is 4.74 Å². The Hall–Kier alpha value is -3.53. The average molecular weight is 415 g/mol. The SMILES string of the molecule is CC(C)COC(=O)Nc1nc2ccc(C3=NNC(O)c4c(F)ccc(F)c43)cc2[nH]1. The Morgan fingerprint density at radius 3 is 2.80 bits per heavy atom. The predicted molar refractivity (Wildman–Crippen MR) is 106 cm³/mol. The number of nitrogens with one attached hydrogen (secondary N) is 3. The number of halogens is 2. The number of rotatable bonds is 4. The van der Waals surface area contributed by atoms with Crippen LogP contribution in [0, 0.1) is 17.6 Å². The van der Waals surface area contributed by atoms with E-state index in [1.807, 2.05) is 13.8 Å². The van der Waals surface area contributed by atoms with E-state index in [9.17, 15) is 18.7 Å². The number of aliphatic hydroxyl groups is 1. The molecule has 1 aliphatic heterocycles. The number of hydrazone groups is 1. The van der Waals surface area contributed by atoms with E-state index in [-0.39, 0.29) is 35.3 Å². The van der Waals surface area contributed by atoms with Gasteiger partial charge in [-0.25, -0.2) is 18.6 Å². The number of H-pyrrole nitrogens is 1. The molecular weight excluding hydrogens is 396 g/mol. The van der Waals surface area contributed by atoms with E-state index in [0.29, 0.717) is 16.6 Å². The van der Waals surface area contributed by atoms with Gasteiger partial charge in [0.25, 0.3) is 0 Å². The Morgan fingerprint density at radius 2 is 2.03 bits per heavy atom. The third-order valence-corrected chi connectivity index (χ3v) is 4.47. The van der Waals surface area contributed by atoms with Crippen molar-refractivity contribution in [1.29, 1.82) is 0 Å². The second kappa shape index (κ2) is 7.71. The van der Waals surface area contributed by atoms with Gasteiger partial charge in [0.05, 0.1) is 23.2 Å². The summed E-state index contributed by atoms with van der Waals surface area (Å²) in [6.07, 6.45) is -2.09. The fourth-order valence-electron chi connectivity index (χ4n) is 3.12. The minimum Gasteiger partial charge on any atom is -0.449 e. The van der Waals surface area contributed by atoms with Crippen molar-refractivity contribution in [2.24, 2.45) is 11.0 Å². The number of fused-ring (bicyclic) bond motifs is 2. The molecule has 1 aromatic heterocycles. The normalized spacial score (nSPS) is 15.5. The van der Waals surface area contributed by atoms with E-state index in [0.717, 1.165) is 12.1 Å². The Morgan fingerprint density at radius 1 is 1.27 bits per heavy atom. The summed E-state index contributed by atoms with van der Waals surface area (Å²) in [7, 11) is 0. The Kier molecular flexibility index (Phi) is 5.08. The fraction of sp³-hybridized carbons (Fsp3) is 0.250. The van der Waals surface area contributed by atoms with Gasteiger partial charge in [-0.1, -0.05) is 19.9 Å². The summed E-state index contributed by atoms with van der Waals surface area (Å²) in [4.78, 5) is 19.0. The number of anilines is 1. The first-order valence-electron chi connectivity index (χ1n) is 9.27. The first kappa shape index (κ1) is 19.8. The lowest BCUT2D eigenvalue weighted by Crippen LogP contribution is -2.28. The molecule has 156 valence electrons. The highest BCUT2D eigenvalue weighted by Crippen LogP contribution is 2.30. The minimum atomic E-state index is -1.46. The summed E-state index contributed by atoms with van der Waals surface area (Å²) in [5, 5.41) is 16.5. The highest BCUT2D eigenvalue weighted by Gasteiger charge is 2.28. The van der Waals surface area contributed by atoms with Gasteiger partial charge in [-0.3, -0.25) is 10.7 Å². The van der Waals surface area contributed by atoms with Crippen LogP contribution >= 0.6 is 0 Å². The molecule has 0 bridgehead atoms. The maximum absolute atomic E-state index is 14.5. The molecule has 30 heavy (non-hydrogen) atoms. The van der Waals surface area contributed by atoms with Crippen LogP contribution in [0.15, 0.2) is 35.4 Å².